The van der Waals surface area contributed by atoms with Gasteiger partial charge in [0.2, 0.25) is 5.91 Å². The van der Waals surface area contributed by atoms with Gasteiger partial charge in [-0.3, -0.25) is 4.79 Å². The van der Waals surface area contributed by atoms with E-state index < -0.39 is 5.54 Å². The van der Waals surface area contributed by atoms with Crippen LogP contribution in [-0.2, 0) is 4.79 Å². The number of carbonyl (C=O) groups is 1. The van der Waals surface area contributed by atoms with E-state index in [1.54, 1.807) is 17.8 Å². The number of primary amides is 1. The van der Waals surface area contributed by atoms with Crippen LogP contribution in [0.5, 0.6) is 0 Å². The number of amides is 1. The lowest BCUT2D eigenvalue weighted by molar-refractivity contribution is -0.121. The lowest BCUT2D eigenvalue weighted by Crippen LogP contribution is -2.51. The van der Waals surface area contributed by atoms with Crippen LogP contribution in [0.1, 0.15) is 13.3 Å². The van der Waals surface area contributed by atoms with Gasteiger partial charge >= 0.3 is 0 Å². The van der Waals surface area contributed by atoms with Gasteiger partial charge in [0.15, 0.2) is 0 Å². The van der Waals surface area contributed by atoms with Crippen LogP contribution in [0.3, 0.4) is 0 Å². The van der Waals surface area contributed by atoms with E-state index in [9.17, 15) is 4.79 Å². The lowest BCUT2D eigenvalue weighted by atomic mass is 9.95. The quantitative estimate of drug-likeness (QED) is 0.880. The maximum atomic E-state index is 11.7. The summed E-state index contributed by atoms with van der Waals surface area (Å²) in [7, 11) is 0. The van der Waals surface area contributed by atoms with Crippen molar-refractivity contribution in [2.75, 3.05) is 11.1 Å². The first-order valence-electron chi connectivity index (χ1n) is 5.58. The molecule has 6 heteroatoms. The molecule has 18 heavy (non-hydrogen) atoms. The Morgan fingerprint density at radius 2 is 2.39 bits per heavy atom. The normalized spacial score (nSPS) is 27.2. The average molecular weight is 350 g/mol. The molecule has 1 aromatic rings. The summed E-state index contributed by atoms with van der Waals surface area (Å²) in [5, 5.41) is 4.34. The smallest absolute Gasteiger partial charge is 0.244 e. The number of anilines is 1. The van der Waals surface area contributed by atoms with Crippen LogP contribution in [0.25, 0.3) is 0 Å². The summed E-state index contributed by atoms with van der Waals surface area (Å²) in [4.78, 5) is 11.7. The van der Waals surface area contributed by atoms with E-state index in [2.05, 4.69) is 28.2 Å². The molecule has 1 aliphatic rings. The Bertz CT molecular complexity index is 485. The van der Waals surface area contributed by atoms with Gasteiger partial charge in [0, 0.05) is 21.2 Å². The predicted octanol–water partition coefficient (Wildman–Crippen LogP) is 3.26. The molecule has 1 aliphatic heterocycles. The summed E-state index contributed by atoms with van der Waals surface area (Å²) in [5.74, 6) is 0.398. The lowest BCUT2D eigenvalue weighted by Gasteiger charge is -2.27. The van der Waals surface area contributed by atoms with Crippen molar-refractivity contribution in [3.8, 4) is 0 Å². The van der Waals surface area contributed by atoms with Crippen molar-refractivity contribution >= 4 is 50.9 Å². The standard InChI is InChI=1S/C12H14BrClN2OS/c1-7-5-12(6-18-7,11(15)17)16-8-2-3-10(14)9(13)4-8/h2-4,7,16H,5-6H2,1H3,(H2,15,17). The van der Waals surface area contributed by atoms with Crippen molar-refractivity contribution in [2.45, 2.75) is 24.1 Å². The van der Waals surface area contributed by atoms with Gasteiger partial charge in [-0.15, -0.1) is 0 Å². The summed E-state index contributed by atoms with van der Waals surface area (Å²) in [6.45, 7) is 2.11. The van der Waals surface area contributed by atoms with Crippen LogP contribution < -0.4 is 11.1 Å². The molecule has 1 fully saturated rings. The molecule has 3 N–H and O–H groups in total. The third-order valence-corrected chi connectivity index (χ3v) is 5.63. The molecule has 3 nitrogen and oxygen atoms in total. The molecule has 1 saturated heterocycles. The molecule has 0 saturated carbocycles. The molecule has 1 heterocycles. The zero-order chi connectivity index (χ0) is 13.3. The van der Waals surface area contributed by atoms with Gasteiger partial charge in [0.1, 0.15) is 5.54 Å². The summed E-state index contributed by atoms with van der Waals surface area (Å²) in [6.07, 6.45) is 0.743. The zero-order valence-electron chi connectivity index (χ0n) is 9.87. The number of halogens is 2. The summed E-state index contributed by atoms with van der Waals surface area (Å²) in [6, 6.07) is 5.50. The Hall–Kier alpha value is -0.390. The molecule has 0 spiro atoms. The average Bonchev–Trinajstić information content (AvgIpc) is 2.67. The largest absolute Gasteiger partial charge is 0.370 e. The van der Waals surface area contributed by atoms with Gasteiger partial charge < -0.3 is 11.1 Å². The molecule has 0 aromatic heterocycles. The molecular weight excluding hydrogens is 336 g/mol. The number of nitrogens with two attached hydrogens (primary N) is 1. The zero-order valence-corrected chi connectivity index (χ0v) is 13.0. The summed E-state index contributed by atoms with van der Waals surface area (Å²) >= 11 is 11.1. The van der Waals surface area contributed by atoms with Crippen molar-refractivity contribution in [2.24, 2.45) is 5.73 Å². The third kappa shape index (κ3) is 2.78. The van der Waals surface area contributed by atoms with Crippen molar-refractivity contribution < 1.29 is 4.79 Å². The molecule has 0 radical (unpaired) electrons. The number of rotatable bonds is 3. The molecule has 0 aliphatic carbocycles. The number of nitrogens with one attached hydrogen (secondary N) is 1. The summed E-state index contributed by atoms with van der Waals surface area (Å²) in [5.41, 5.74) is 5.75. The van der Waals surface area contributed by atoms with Crippen LogP contribution in [0.2, 0.25) is 5.02 Å². The van der Waals surface area contributed by atoms with Crippen molar-refractivity contribution in [1.29, 1.82) is 0 Å². The van der Waals surface area contributed by atoms with Crippen LogP contribution in [-0.4, -0.2) is 22.4 Å². The molecule has 2 rings (SSSR count). The Kier molecular flexibility index (Phi) is 4.14. The topological polar surface area (TPSA) is 55.1 Å². The first-order chi connectivity index (χ1) is 8.43. The highest BCUT2D eigenvalue weighted by Crippen LogP contribution is 2.37. The fourth-order valence-electron chi connectivity index (χ4n) is 2.06. The molecule has 2 unspecified atom stereocenters. The van der Waals surface area contributed by atoms with E-state index >= 15 is 0 Å². The highest BCUT2D eigenvalue weighted by Gasteiger charge is 2.43. The van der Waals surface area contributed by atoms with E-state index in [1.807, 2.05) is 12.1 Å². The van der Waals surface area contributed by atoms with E-state index in [1.165, 1.54) is 0 Å². The van der Waals surface area contributed by atoms with Gasteiger partial charge in [0.05, 0.1) is 5.02 Å². The number of hydrogen-bond donors (Lipinski definition) is 2. The monoisotopic (exact) mass is 348 g/mol. The van der Waals surface area contributed by atoms with Gasteiger partial charge in [-0.25, -0.2) is 0 Å². The van der Waals surface area contributed by atoms with Crippen molar-refractivity contribution in [3.63, 3.8) is 0 Å². The molecular formula is C12H14BrClN2OS. The number of thioether (sulfide) groups is 1. The fourth-order valence-corrected chi connectivity index (χ4v) is 3.86. The fraction of sp³-hybridized carbons (Fsp3) is 0.417. The third-order valence-electron chi connectivity index (χ3n) is 3.03. The first kappa shape index (κ1) is 14.0. The minimum absolute atomic E-state index is 0.301. The Morgan fingerprint density at radius 3 is 2.89 bits per heavy atom. The second kappa shape index (κ2) is 5.31. The first-order valence-corrected chi connectivity index (χ1v) is 7.80. The minimum atomic E-state index is -0.655. The highest BCUT2D eigenvalue weighted by atomic mass is 79.9. The molecule has 98 valence electrons. The van der Waals surface area contributed by atoms with Crippen LogP contribution in [0.4, 0.5) is 5.69 Å². The van der Waals surface area contributed by atoms with E-state index in [4.69, 9.17) is 17.3 Å². The Labute approximate surface area is 124 Å². The van der Waals surface area contributed by atoms with Crippen LogP contribution in [0.15, 0.2) is 22.7 Å². The van der Waals surface area contributed by atoms with Crippen LogP contribution in [0, 0.1) is 0 Å². The number of benzene rings is 1. The number of carbonyl (C=O) groups excluding carboxylic acids is 1. The number of hydrogen-bond acceptors (Lipinski definition) is 3. The molecule has 1 amide bonds. The Balaban J connectivity index is 2.24. The Morgan fingerprint density at radius 1 is 1.67 bits per heavy atom. The van der Waals surface area contributed by atoms with Gasteiger partial charge in [0.25, 0.3) is 0 Å². The van der Waals surface area contributed by atoms with Crippen molar-refractivity contribution in [1.82, 2.24) is 0 Å². The summed E-state index contributed by atoms with van der Waals surface area (Å²) < 4.78 is 0.799. The molecule has 0 bridgehead atoms. The second-order valence-corrected chi connectivity index (χ2v) is 7.21. The predicted molar refractivity (Wildman–Crippen MR) is 81.2 cm³/mol. The van der Waals surface area contributed by atoms with E-state index in [0.717, 1.165) is 16.6 Å². The highest BCUT2D eigenvalue weighted by molar-refractivity contribution is 9.10. The van der Waals surface area contributed by atoms with Gasteiger partial charge in [-0.1, -0.05) is 18.5 Å². The SMILES string of the molecule is CC1CC(Nc2ccc(Cl)c(Br)c2)(C(N)=O)CS1. The van der Waals surface area contributed by atoms with Gasteiger partial charge in [-0.05, 0) is 40.5 Å². The van der Waals surface area contributed by atoms with Crippen molar-refractivity contribution in [3.05, 3.63) is 27.7 Å². The van der Waals surface area contributed by atoms with Crippen LogP contribution >= 0.6 is 39.3 Å². The molecule has 1 aromatic carbocycles. The van der Waals surface area contributed by atoms with Gasteiger partial charge in [-0.2, -0.15) is 11.8 Å². The van der Waals surface area contributed by atoms with E-state index in [-0.39, 0.29) is 5.91 Å². The maximum absolute atomic E-state index is 11.7. The van der Waals surface area contributed by atoms with E-state index in [0.29, 0.717) is 16.0 Å². The minimum Gasteiger partial charge on any atom is -0.370 e. The second-order valence-electron chi connectivity index (χ2n) is 4.53. The molecule has 2 atom stereocenters. The maximum Gasteiger partial charge on any atom is 0.244 e.